The normalized spacial score (nSPS) is 14.8. The standard InChI is InChI=1S/C21H26NS.HI/c1-5-22(3,4)14-8-10-17-18-9-6-7-11-20(18)23-21-13-12-16(2)15-19(17)21;/h6-7,9-13,15H,5,8,14H2,1-4H3;1H/q+1;/p-1/b17-10-;. The van der Waals surface area contributed by atoms with Crippen molar-refractivity contribution in [3.63, 3.8) is 0 Å². The molecular weight excluding hydrogens is 425 g/mol. The van der Waals surface area contributed by atoms with Crippen molar-refractivity contribution in [2.45, 2.75) is 30.1 Å². The van der Waals surface area contributed by atoms with Crippen molar-refractivity contribution in [3.05, 3.63) is 65.2 Å². The second-order valence-corrected chi connectivity index (χ2v) is 8.06. The Morgan fingerprint density at radius 3 is 2.46 bits per heavy atom. The molecule has 0 radical (unpaired) electrons. The number of fused-ring (bicyclic) bond motifs is 2. The molecule has 0 spiro atoms. The first-order chi connectivity index (χ1) is 11.0. The lowest BCUT2D eigenvalue weighted by atomic mass is 9.95. The smallest absolute Gasteiger partial charge is 0.0817 e. The van der Waals surface area contributed by atoms with Crippen LogP contribution in [-0.2, 0) is 0 Å². The van der Waals surface area contributed by atoms with Gasteiger partial charge in [0, 0.05) is 16.2 Å². The van der Waals surface area contributed by atoms with Gasteiger partial charge in [-0.25, -0.2) is 0 Å². The molecule has 128 valence electrons. The maximum atomic E-state index is 2.45. The van der Waals surface area contributed by atoms with Crippen LogP contribution >= 0.6 is 11.8 Å². The molecule has 1 nitrogen and oxygen atoms in total. The first-order valence-corrected chi connectivity index (χ1v) is 9.22. The van der Waals surface area contributed by atoms with Crippen LogP contribution in [0.2, 0.25) is 0 Å². The highest BCUT2D eigenvalue weighted by molar-refractivity contribution is 7.99. The Labute approximate surface area is 167 Å². The Morgan fingerprint density at radius 1 is 1.00 bits per heavy atom. The molecule has 2 aromatic rings. The largest absolute Gasteiger partial charge is 1.00 e. The van der Waals surface area contributed by atoms with Gasteiger partial charge in [0.05, 0.1) is 27.2 Å². The first-order valence-electron chi connectivity index (χ1n) is 8.40. The zero-order valence-electron chi connectivity index (χ0n) is 15.0. The maximum Gasteiger partial charge on any atom is 0.0817 e. The molecule has 1 aliphatic heterocycles. The number of nitrogens with zero attached hydrogens (tertiary/aromatic N) is 1. The Balaban J connectivity index is 0.00000208. The zero-order chi connectivity index (χ0) is 16.4. The fourth-order valence-electron chi connectivity index (χ4n) is 2.92. The molecule has 1 heterocycles. The van der Waals surface area contributed by atoms with Crippen LogP contribution in [0.1, 0.15) is 30.0 Å². The Bertz CT molecular complexity index is 749. The van der Waals surface area contributed by atoms with Gasteiger partial charge in [0.2, 0.25) is 0 Å². The topological polar surface area (TPSA) is 0 Å². The van der Waals surface area contributed by atoms with Crippen molar-refractivity contribution in [1.29, 1.82) is 0 Å². The van der Waals surface area contributed by atoms with Crippen LogP contribution in [0.3, 0.4) is 0 Å². The van der Waals surface area contributed by atoms with Crippen molar-refractivity contribution in [1.82, 2.24) is 0 Å². The van der Waals surface area contributed by atoms with E-state index in [-0.39, 0.29) is 24.0 Å². The Kier molecular flexibility index (Phi) is 6.57. The van der Waals surface area contributed by atoms with Crippen LogP contribution in [0.15, 0.2) is 58.3 Å². The van der Waals surface area contributed by atoms with E-state index in [0.717, 1.165) is 10.9 Å². The number of benzene rings is 2. The van der Waals surface area contributed by atoms with Gasteiger partial charge in [0.15, 0.2) is 0 Å². The SMILES string of the molecule is CC[N+](C)(C)CC/C=C1/c2ccccc2Sc2ccc(C)cc21.[I-]. The summed E-state index contributed by atoms with van der Waals surface area (Å²) in [6.45, 7) is 6.79. The third-order valence-corrected chi connectivity index (χ3v) is 5.91. The Hall–Kier alpha value is -0.780. The average molecular weight is 451 g/mol. The molecule has 0 saturated carbocycles. The average Bonchev–Trinajstić information content (AvgIpc) is 2.54. The van der Waals surface area contributed by atoms with Crippen LogP contribution in [0.25, 0.3) is 5.57 Å². The molecule has 0 bridgehead atoms. The molecule has 3 rings (SSSR count). The highest BCUT2D eigenvalue weighted by Gasteiger charge is 2.20. The first kappa shape index (κ1) is 19.5. The quantitative estimate of drug-likeness (QED) is 0.434. The predicted octanol–water partition coefficient (Wildman–Crippen LogP) is 2.38. The summed E-state index contributed by atoms with van der Waals surface area (Å²) in [7, 11) is 4.61. The van der Waals surface area contributed by atoms with Crippen LogP contribution in [0.5, 0.6) is 0 Å². The number of halogens is 1. The van der Waals surface area contributed by atoms with Crippen molar-refractivity contribution in [3.8, 4) is 0 Å². The van der Waals surface area contributed by atoms with E-state index in [9.17, 15) is 0 Å². The number of quaternary nitrogens is 1. The van der Waals surface area contributed by atoms with E-state index in [1.54, 1.807) is 0 Å². The fraction of sp³-hybridized carbons (Fsp3) is 0.333. The van der Waals surface area contributed by atoms with E-state index in [2.05, 4.69) is 76.5 Å². The summed E-state index contributed by atoms with van der Waals surface area (Å²) in [6, 6.07) is 15.6. The molecule has 0 saturated heterocycles. The van der Waals surface area contributed by atoms with Crippen molar-refractivity contribution in [2.75, 3.05) is 27.2 Å². The van der Waals surface area contributed by atoms with Gasteiger partial charge in [0.25, 0.3) is 0 Å². The molecule has 1 aliphatic rings. The van der Waals surface area contributed by atoms with Crippen molar-refractivity contribution >= 4 is 17.3 Å². The van der Waals surface area contributed by atoms with Gasteiger partial charge in [-0.2, -0.15) is 0 Å². The lowest BCUT2D eigenvalue weighted by Crippen LogP contribution is -3.00. The number of hydrogen-bond donors (Lipinski definition) is 0. The third-order valence-electron chi connectivity index (χ3n) is 4.76. The van der Waals surface area contributed by atoms with Gasteiger partial charge >= 0.3 is 0 Å². The molecule has 2 aromatic carbocycles. The van der Waals surface area contributed by atoms with Crippen LogP contribution in [0.4, 0.5) is 0 Å². The Morgan fingerprint density at radius 2 is 1.71 bits per heavy atom. The van der Waals surface area contributed by atoms with Gasteiger partial charge in [0.1, 0.15) is 0 Å². The molecule has 0 aliphatic carbocycles. The molecule has 0 amide bonds. The maximum absolute atomic E-state index is 2.45. The van der Waals surface area contributed by atoms with E-state index < -0.39 is 0 Å². The molecule has 24 heavy (non-hydrogen) atoms. The highest BCUT2D eigenvalue weighted by atomic mass is 127. The van der Waals surface area contributed by atoms with Crippen LogP contribution in [0, 0.1) is 6.92 Å². The van der Waals surface area contributed by atoms with E-state index in [4.69, 9.17) is 0 Å². The summed E-state index contributed by atoms with van der Waals surface area (Å²) in [5, 5.41) is 0. The third kappa shape index (κ3) is 4.24. The molecular formula is C21H26INS. The van der Waals surface area contributed by atoms with Crippen LogP contribution < -0.4 is 24.0 Å². The van der Waals surface area contributed by atoms with E-state index >= 15 is 0 Å². The predicted molar refractivity (Wildman–Crippen MR) is 101 cm³/mol. The van der Waals surface area contributed by atoms with Gasteiger partial charge in [-0.05, 0) is 42.7 Å². The molecule has 0 aromatic heterocycles. The van der Waals surface area contributed by atoms with E-state index in [1.165, 1.54) is 45.1 Å². The van der Waals surface area contributed by atoms with Gasteiger partial charge < -0.3 is 28.5 Å². The summed E-state index contributed by atoms with van der Waals surface area (Å²) in [5.74, 6) is 0. The minimum atomic E-state index is 0. The van der Waals surface area contributed by atoms with E-state index in [0.29, 0.717) is 0 Å². The second kappa shape index (κ2) is 8.07. The number of hydrogen-bond acceptors (Lipinski definition) is 1. The summed E-state index contributed by atoms with van der Waals surface area (Å²) < 4.78 is 1.07. The second-order valence-electron chi connectivity index (χ2n) is 6.98. The molecule has 3 heteroatoms. The number of aryl methyl sites for hydroxylation is 1. The van der Waals surface area contributed by atoms with Crippen LogP contribution in [-0.4, -0.2) is 31.7 Å². The highest BCUT2D eigenvalue weighted by Crippen LogP contribution is 2.45. The molecule has 0 unspecified atom stereocenters. The van der Waals surface area contributed by atoms with E-state index in [1.807, 2.05) is 11.8 Å². The summed E-state index contributed by atoms with van der Waals surface area (Å²) in [4.78, 5) is 2.75. The summed E-state index contributed by atoms with van der Waals surface area (Å²) in [5.41, 5.74) is 5.53. The summed E-state index contributed by atoms with van der Waals surface area (Å²) in [6.07, 6.45) is 3.56. The van der Waals surface area contributed by atoms with Gasteiger partial charge in [-0.1, -0.05) is 53.7 Å². The monoisotopic (exact) mass is 451 g/mol. The minimum Gasteiger partial charge on any atom is -1.00 e. The lowest BCUT2D eigenvalue weighted by molar-refractivity contribution is -0.888. The molecule has 0 atom stereocenters. The summed E-state index contributed by atoms with van der Waals surface area (Å²) >= 11 is 1.89. The van der Waals surface area contributed by atoms with Crippen molar-refractivity contribution in [2.24, 2.45) is 0 Å². The van der Waals surface area contributed by atoms with Gasteiger partial charge in [-0.15, -0.1) is 0 Å². The molecule has 0 fully saturated rings. The minimum absolute atomic E-state index is 0. The number of rotatable bonds is 4. The zero-order valence-corrected chi connectivity index (χ0v) is 17.9. The fourth-order valence-corrected chi connectivity index (χ4v) is 4.01. The van der Waals surface area contributed by atoms with Gasteiger partial charge in [-0.3, -0.25) is 0 Å². The molecule has 0 N–H and O–H groups in total. The lowest BCUT2D eigenvalue weighted by Gasteiger charge is -2.28. The van der Waals surface area contributed by atoms with Crippen molar-refractivity contribution < 1.29 is 28.5 Å².